The van der Waals surface area contributed by atoms with Gasteiger partial charge in [0.15, 0.2) is 0 Å². The lowest BCUT2D eigenvalue weighted by molar-refractivity contribution is 0.335. The van der Waals surface area contributed by atoms with Crippen molar-refractivity contribution >= 4 is 15.9 Å². The Morgan fingerprint density at radius 2 is 2.06 bits per heavy atom. The zero-order valence-corrected chi connectivity index (χ0v) is 11.5. The van der Waals surface area contributed by atoms with Gasteiger partial charge in [0.1, 0.15) is 5.82 Å². The molecule has 17 heavy (non-hydrogen) atoms. The van der Waals surface area contributed by atoms with E-state index >= 15 is 0 Å². The molecule has 1 aromatic carbocycles. The van der Waals surface area contributed by atoms with Gasteiger partial charge in [0.25, 0.3) is 0 Å². The van der Waals surface area contributed by atoms with E-state index in [1.807, 2.05) is 12.1 Å². The first-order valence-corrected chi connectivity index (χ1v) is 6.92. The summed E-state index contributed by atoms with van der Waals surface area (Å²) in [6.07, 6.45) is 2.68. The summed E-state index contributed by atoms with van der Waals surface area (Å²) in [5.74, 6) is -0.203. The van der Waals surface area contributed by atoms with E-state index in [1.165, 1.54) is 32.0 Å². The number of nitrogens with zero attached hydrogens (tertiary/aromatic N) is 1. The molecule has 2 rings (SSSR count). The number of hydrogen-bond acceptors (Lipinski definition) is 2. The summed E-state index contributed by atoms with van der Waals surface area (Å²) in [5, 5.41) is 3.39. The molecule has 1 N–H and O–H groups in total. The van der Waals surface area contributed by atoms with Crippen molar-refractivity contribution in [2.75, 3.05) is 26.2 Å². The monoisotopic (exact) mass is 300 g/mol. The van der Waals surface area contributed by atoms with Gasteiger partial charge >= 0.3 is 0 Å². The van der Waals surface area contributed by atoms with Crippen LogP contribution in [0.4, 0.5) is 4.39 Å². The fraction of sp³-hybridized carbons (Fsp3) is 0.538. The van der Waals surface area contributed by atoms with E-state index in [4.69, 9.17) is 0 Å². The van der Waals surface area contributed by atoms with E-state index < -0.39 is 0 Å². The third-order valence-electron chi connectivity index (χ3n) is 3.12. The molecule has 2 nitrogen and oxygen atoms in total. The summed E-state index contributed by atoms with van der Waals surface area (Å²) >= 11 is 3.20. The number of halogens is 2. The zero-order chi connectivity index (χ0) is 12.1. The number of nitrogens with one attached hydrogen (secondary N) is 1. The Morgan fingerprint density at radius 3 is 2.76 bits per heavy atom. The first-order valence-electron chi connectivity index (χ1n) is 6.13. The molecular weight excluding hydrogens is 283 g/mol. The Bertz CT molecular complexity index is 364. The molecule has 0 atom stereocenters. The van der Waals surface area contributed by atoms with E-state index in [0.29, 0.717) is 4.47 Å². The predicted molar refractivity (Wildman–Crippen MR) is 71.5 cm³/mol. The van der Waals surface area contributed by atoms with Crippen LogP contribution >= 0.6 is 15.9 Å². The van der Waals surface area contributed by atoms with Gasteiger partial charge in [-0.05, 0) is 59.6 Å². The van der Waals surface area contributed by atoms with Gasteiger partial charge in [0.05, 0.1) is 4.47 Å². The summed E-state index contributed by atoms with van der Waals surface area (Å²) in [5.41, 5.74) is 1.11. The van der Waals surface area contributed by atoms with Crippen LogP contribution in [0.25, 0.3) is 0 Å². The van der Waals surface area contributed by atoms with Crippen molar-refractivity contribution in [3.63, 3.8) is 0 Å². The zero-order valence-electron chi connectivity index (χ0n) is 9.88. The Balaban J connectivity index is 1.68. The van der Waals surface area contributed by atoms with Gasteiger partial charge < -0.3 is 10.2 Å². The highest BCUT2D eigenvalue weighted by atomic mass is 79.9. The van der Waals surface area contributed by atoms with Gasteiger partial charge in [-0.15, -0.1) is 0 Å². The highest BCUT2D eigenvalue weighted by molar-refractivity contribution is 9.10. The topological polar surface area (TPSA) is 15.3 Å². The van der Waals surface area contributed by atoms with Crippen molar-refractivity contribution in [3.8, 4) is 0 Å². The van der Waals surface area contributed by atoms with Crippen molar-refractivity contribution < 1.29 is 4.39 Å². The normalized spacial score (nSPS) is 16.6. The van der Waals surface area contributed by atoms with Crippen LogP contribution in [0.2, 0.25) is 0 Å². The maximum atomic E-state index is 13.0. The molecule has 0 bridgehead atoms. The van der Waals surface area contributed by atoms with Crippen LogP contribution in [0, 0.1) is 5.82 Å². The van der Waals surface area contributed by atoms with Crippen LogP contribution in [0.3, 0.4) is 0 Å². The summed E-state index contributed by atoms with van der Waals surface area (Å²) in [6.45, 7) is 5.39. The molecule has 1 fully saturated rings. The number of rotatable bonds is 5. The Kier molecular flexibility index (Phi) is 4.95. The Hall–Kier alpha value is -0.450. The summed E-state index contributed by atoms with van der Waals surface area (Å²) in [4.78, 5) is 2.48. The molecule has 0 radical (unpaired) electrons. The molecule has 0 spiro atoms. The smallest absolute Gasteiger partial charge is 0.137 e. The van der Waals surface area contributed by atoms with Gasteiger partial charge in [0.2, 0.25) is 0 Å². The maximum Gasteiger partial charge on any atom is 0.137 e. The highest BCUT2D eigenvalue weighted by Crippen LogP contribution is 2.16. The van der Waals surface area contributed by atoms with Crippen LogP contribution in [0.1, 0.15) is 18.4 Å². The highest BCUT2D eigenvalue weighted by Gasteiger charge is 2.09. The molecule has 0 amide bonds. The van der Waals surface area contributed by atoms with Gasteiger partial charge in [-0.1, -0.05) is 6.07 Å². The van der Waals surface area contributed by atoms with Crippen LogP contribution in [0.15, 0.2) is 22.7 Å². The van der Waals surface area contributed by atoms with Gasteiger partial charge in [-0.3, -0.25) is 0 Å². The number of hydrogen-bond donors (Lipinski definition) is 1. The quantitative estimate of drug-likeness (QED) is 0.841. The Morgan fingerprint density at radius 1 is 1.29 bits per heavy atom. The molecule has 1 aromatic rings. The number of benzene rings is 1. The maximum absolute atomic E-state index is 13.0. The molecule has 0 aromatic heterocycles. The molecule has 1 aliphatic heterocycles. The van der Waals surface area contributed by atoms with Crippen molar-refractivity contribution in [2.45, 2.75) is 19.4 Å². The minimum atomic E-state index is -0.203. The minimum Gasteiger partial charge on any atom is -0.311 e. The van der Waals surface area contributed by atoms with Crippen LogP contribution < -0.4 is 5.32 Å². The first-order chi connectivity index (χ1) is 8.25. The average Bonchev–Trinajstić information content (AvgIpc) is 2.82. The molecule has 4 heteroatoms. The van der Waals surface area contributed by atoms with Gasteiger partial charge in [0, 0.05) is 19.6 Å². The lowest BCUT2D eigenvalue weighted by Gasteiger charge is -2.14. The van der Waals surface area contributed by atoms with E-state index in [9.17, 15) is 4.39 Å². The molecule has 0 unspecified atom stereocenters. The minimum absolute atomic E-state index is 0.203. The predicted octanol–water partition coefficient (Wildman–Crippen LogP) is 2.77. The number of likely N-dealkylation sites (tertiary alicyclic amines) is 1. The third-order valence-corrected chi connectivity index (χ3v) is 3.72. The van der Waals surface area contributed by atoms with E-state index in [0.717, 1.165) is 25.2 Å². The van der Waals surface area contributed by atoms with Crippen molar-refractivity contribution in [1.82, 2.24) is 10.2 Å². The second kappa shape index (κ2) is 6.47. The summed E-state index contributed by atoms with van der Waals surface area (Å²) in [7, 11) is 0. The van der Waals surface area contributed by atoms with E-state index in [2.05, 4.69) is 26.1 Å². The molecule has 1 aliphatic rings. The molecule has 1 heterocycles. The lowest BCUT2D eigenvalue weighted by Crippen LogP contribution is -2.29. The average molecular weight is 301 g/mol. The van der Waals surface area contributed by atoms with Crippen molar-refractivity contribution in [2.24, 2.45) is 0 Å². The van der Waals surface area contributed by atoms with Crippen molar-refractivity contribution in [3.05, 3.63) is 34.1 Å². The fourth-order valence-corrected chi connectivity index (χ4v) is 2.55. The van der Waals surface area contributed by atoms with E-state index in [-0.39, 0.29) is 5.82 Å². The summed E-state index contributed by atoms with van der Waals surface area (Å²) in [6, 6.07) is 5.16. The van der Waals surface area contributed by atoms with Gasteiger partial charge in [-0.25, -0.2) is 4.39 Å². The van der Waals surface area contributed by atoms with Crippen LogP contribution in [-0.4, -0.2) is 31.1 Å². The van der Waals surface area contributed by atoms with Crippen LogP contribution in [0.5, 0.6) is 0 Å². The second-order valence-electron chi connectivity index (χ2n) is 4.47. The second-order valence-corrected chi connectivity index (χ2v) is 5.33. The standard InChI is InChI=1S/C13H18BrFN2/c14-12-9-11(3-4-13(12)15)10-16-5-8-17-6-1-2-7-17/h3-4,9,16H,1-2,5-8,10H2. The molecule has 94 valence electrons. The van der Waals surface area contributed by atoms with Crippen LogP contribution in [-0.2, 0) is 6.54 Å². The Labute approximate surface area is 110 Å². The van der Waals surface area contributed by atoms with Crippen molar-refractivity contribution in [1.29, 1.82) is 0 Å². The largest absolute Gasteiger partial charge is 0.311 e. The third kappa shape index (κ3) is 4.05. The lowest BCUT2D eigenvalue weighted by atomic mass is 10.2. The molecule has 0 aliphatic carbocycles. The SMILES string of the molecule is Fc1ccc(CNCCN2CCCC2)cc1Br. The van der Waals surface area contributed by atoms with E-state index in [1.54, 1.807) is 0 Å². The molecular formula is C13H18BrFN2. The first kappa shape index (κ1) is 13.0. The fourth-order valence-electron chi connectivity index (χ4n) is 2.13. The molecule has 1 saturated heterocycles. The summed E-state index contributed by atoms with van der Waals surface area (Å²) < 4.78 is 13.6. The molecule has 0 saturated carbocycles. The van der Waals surface area contributed by atoms with Gasteiger partial charge in [-0.2, -0.15) is 0 Å².